The molecule has 0 aliphatic rings. The van der Waals surface area contributed by atoms with Gasteiger partial charge in [-0.25, -0.2) is 8.78 Å². The minimum Gasteiger partial charge on any atom is -0.399 e. The van der Waals surface area contributed by atoms with Gasteiger partial charge >= 0.3 is 0 Å². The van der Waals surface area contributed by atoms with Crippen molar-refractivity contribution in [3.05, 3.63) is 64.7 Å². The van der Waals surface area contributed by atoms with E-state index in [9.17, 15) is 13.6 Å². The van der Waals surface area contributed by atoms with E-state index in [4.69, 9.17) is 5.73 Å². The van der Waals surface area contributed by atoms with Crippen molar-refractivity contribution < 1.29 is 13.6 Å². The summed E-state index contributed by atoms with van der Waals surface area (Å²) >= 11 is 0. The summed E-state index contributed by atoms with van der Waals surface area (Å²) in [7, 11) is 0. The van der Waals surface area contributed by atoms with Crippen LogP contribution in [-0.4, -0.2) is 5.91 Å². The fourth-order valence-electron chi connectivity index (χ4n) is 2.46. The molecule has 0 heterocycles. The van der Waals surface area contributed by atoms with Crippen LogP contribution < -0.4 is 11.1 Å². The minimum absolute atomic E-state index is 0.0692. The maximum Gasteiger partial charge on any atom is 0.252 e. The van der Waals surface area contributed by atoms with Crippen LogP contribution in [0.15, 0.2) is 36.4 Å². The van der Waals surface area contributed by atoms with Crippen molar-refractivity contribution in [2.45, 2.75) is 26.8 Å². The molecule has 0 aromatic heterocycles. The number of nitrogens with two attached hydrogens (primary N) is 1. The number of anilines is 1. The second-order valence-corrected chi connectivity index (χ2v) is 5.94. The number of nitrogens with one attached hydrogen (secondary N) is 1. The lowest BCUT2D eigenvalue weighted by atomic mass is 9.94. The molecule has 0 aliphatic heterocycles. The summed E-state index contributed by atoms with van der Waals surface area (Å²) in [6.07, 6.45) is 0. The van der Waals surface area contributed by atoms with E-state index in [1.54, 1.807) is 25.1 Å². The highest BCUT2D eigenvalue weighted by Gasteiger charge is 2.23. The van der Waals surface area contributed by atoms with Gasteiger partial charge in [-0.15, -0.1) is 0 Å². The van der Waals surface area contributed by atoms with Crippen molar-refractivity contribution in [3.63, 3.8) is 0 Å². The summed E-state index contributed by atoms with van der Waals surface area (Å²) in [4.78, 5) is 12.5. The van der Waals surface area contributed by atoms with Gasteiger partial charge < -0.3 is 11.1 Å². The van der Waals surface area contributed by atoms with Crippen LogP contribution in [0.2, 0.25) is 0 Å². The lowest BCUT2D eigenvalue weighted by Gasteiger charge is -2.24. The molecule has 122 valence electrons. The summed E-state index contributed by atoms with van der Waals surface area (Å²) in [6, 6.07) is 7.86. The number of nitrogen functional groups attached to an aromatic ring is 1. The van der Waals surface area contributed by atoms with E-state index in [0.29, 0.717) is 11.3 Å². The van der Waals surface area contributed by atoms with Crippen molar-refractivity contribution >= 4 is 11.6 Å². The van der Waals surface area contributed by atoms with Gasteiger partial charge in [0.05, 0.1) is 6.04 Å². The second kappa shape index (κ2) is 6.77. The Morgan fingerprint density at radius 3 is 2.43 bits per heavy atom. The molecule has 2 aromatic rings. The van der Waals surface area contributed by atoms with Crippen LogP contribution in [0.3, 0.4) is 0 Å². The van der Waals surface area contributed by atoms with Crippen LogP contribution in [-0.2, 0) is 0 Å². The van der Waals surface area contributed by atoms with E-state index < -0.39 is 17.7 Å². The highest BCUT2D eigenvalue weighted by atomic mass is 19.1. The van der Waals surface area contributed by atoms with Gasteiger partial charge in [0.25, 0.3) is 5.91 Å². The number of hydrogen-bond acceptors (Lipinski definition) is 2. The number of hydrogen-bond donors (Lipinski definition) is 2. The van der Waals surface area contributed by atoms with Crippen molar-refractivity contribution in [1.82, 2.24) is 5.32 Å². The molecule has 23 heavy (non-hydrogen) atoms. The smallest absolute Gasteiger partial charge is 0.252 e. The Balaban J connectivity index is 2.33. The van der Waals surface area contributed by atoms with Crippen LogP contribution >= 0.6 is 0 Å². The van der Waals surface area contributed by atoms with Crippen molar-refractivity contribution in [3.8, 4) is 0 Å². The highest BCUT2D eigenvalue weighted by Crippen LogP contribution is 2.26. The van der Waals surface area contributed by atoms with E-state index in [2.05, 4.69) is 5.32 Å². The van der Waals surface area contributed by atoms with E-state index in [1.165, 1.54) is 12.1 Å². The summed E-state index contributed by atoms with van der Waals surface area (Å²) in [6.45, 7) is 5.52. The number of rotatable bonds is 4. The molecular weight excluding hydrogens is 298 g/mol. The molecule has 0 saturated carbocycles. The summed E-state index contributed by atoms with van der Waals surface area (Å²) in [5.74, 6) is -1.72. The molecule has 2 rings (SSSR count). The first-order chi connectivity index (χ1) is 10.8. The quantitative estimate of drug-likeness (QED) is 0.838. The van der Waals surface area contributed by atoms with Gasteiger partial charge in [-0.05, 0) is 36.6 Å². The van der Waals surface area contributed by atoms with Crippen LogP contribution in [0.1, 0.15) is 41.4 Å². The zero-order chi connectivity index (χ0) is 17.1. The molecule has 1 atom stereocenters. The average molecular weight is 318 g/mol. The molecule has 2 aromatic carbocycles. The van der Waals surface area contributed by atoms with Crippen LogP contribution in [0, 0.1) is 24.5 Å². The molecule has 3 N–H and O–H groups in total. The maximum atomic E-state index is 14.0. The number of benzene rings is 2. The van der Waals surface area contributed by atoms with Crippen LogP contribution in [0.4, 0.5) is 14.5 Å². The predicted octanol–water partition coefficient (Wildman–Crippen LogP) is 3.98. The van der Waals surface area contributed by atoms with Gasteiger partial charge in [0, 0.05) is 22.9 Å². The van der Waals surface area contributed by atoms with E-state index in [1.807, 2.05) is 13.8 Å². The van der Waals surface area contributed by atoms with E-state index in [-0.39, 0.29) is 17.4 Å². The standard InChI is InChI=1S/C18H20F2N2O/c1-10(2)17(14-7-5-12(19)8-16(14)20)22-18(23)15-9-13(21)6-4-11(15)3/h4-10,17H,21H2,1-3H3,(H,22,23). The van der Waals surface area contributed by atoms with E-state index in [0.717, 1.165) is 11.6 Å². The van der Waals surface area contributed by atoms with Gasteiger partial charge in [0.1, 0.15) is 11.6 Å². The molecule has 0 aliphatic carbocycles. The SMILES string of the molecule is Cc1ccc(N)cc1C(=O)NC(c1ccc(F)cc1F)C(C)C. The van der Waals surface area contributed by atoms with Gasteiger partial charge in [-0.3, -0.25) is 4.79 Å². The van der Waals surface area contributed by atoms with Gasteiger partial charge in [-0.2, -0.15) is 0 Å². The first-order valence-electron chi connectivity index (χ1n) is 7.41. The summed E-state index contributed by atoms with van der Waals surface area (Å²) in [5, 5.41) is 2.82. The molecule has 5 heteroatoms. The normalized spacial score (nSPS) is 12.3. The number of halogens is 2. The number of aryl methyl sites for hydroxylation is 1. The lowest BCUT2D eigenvalue weighted by Crippen LogP contribution is -2.32. The Bertz CT molecular complexity index is 729. The third-order valence-corrected chi connectivity index (χ3v) is 3.76. The third kappa shape index (κ3) is 3.86. The molecule has 3 nitrogen and oxygen atoms in total. The Morgan fingerprint density at radius 2 is 1.83 bits per heavy atom. The highest BCUT2D eigenvalue weighted by molar-refractivity contribution is 5.96. The molecule has 1 amide bonds. The molecular formula is C18H20F2N2O. The monoisotopic (exact) mass is 318 g/mol. The zero-order valence-electron chi connectivity index (χ0n) is 13.4. The molecule has 0 fully saturated rings. The Morgan fingerprint density at radius 1 is 1.13 bits per heavy atom. The summed E-state index contributed by atoms with van der Waals surface area (Å²) in [5.41, 5.74) is 7.69. The molecule has 0 spiro atoms. The Labute approximate surface area is 134 Å². The number of carbonyl (C=O) groups excluding carboxylic acids is 1. The largest absolute Gasteiger partial charge is 0.399 e. The number of carbonyl (C=O) groups is 1. The fraction of sp³-hybridized carbons (Fsp3) is 0.278. The number of amides is 1. The van der Waals surface area contributed by atoms with Crippen LogP contribution in [0.5, 0.6) is 0 Å². The van der Waals surface area contributed by atoms with E-state index >= 15 is 0 Å². The molecule has 0 saturated heterocycles. The zero-order valence-corrected chi connectivity index (χ0v) is 13.4. The lowest BCUT2D eigenvalue weighted by molar-refractivity contribution is 0.0924. The van der Waals surface area contributed by atoms with Gasteiger partial charge in [-0.1, -0.05) is 26.0 Å². The first-order valence-corrected chi connectivity index (χ1v) is 7.41. The predicted molar refractivity (Wildman–Crippen MR) is 87.0 cm³/mol. The van der Waals surface area contributed by atoms with Crippen molar-refractivity contribution in [2.24, 2.45) is 5.92 Å². The van der Waals surface area contributed by atoms with Crippen molar-refractivity contribution in [1.29, 1.82) is 0 Å². The third-order valence-electron chi connectivity index (χ3n) is 3.76. The minimum atomic E-state index is -0.673. The van der Waals surface area contributed by atoms with Crippen LogP contribution in [0.25, 0.3) is 0 Å². The molecule has 0 radical (unpaired) electrons. The molecule has 1 unspecified atom stereocenters. The fourth-order valence-corrected chi connectivity index (χ4v) is 2.46. The molecule has 0 bridgehead atoms. The topological polar surface area (TPSA) is 55.1 Å². The Kier molecular flexibility index (Phi) is 4.98. The second-order valence-electron chi connectivity index (χ2n) is 5.94. The maximum absolute atomic E-state index is 14.0. The first kappa shape index (κ1) is 16.9. The average Bonchev–Trinajstić information content (AvgIpc) is 2.47. The van der Waals surface area contributed by atoms with Crippen molar-refractivity contribution in [2.75, 3.05) is 5.73 Å². The summed E-state index contributed by atoms with van der Waals surface area (Å²) < 4.78 is 27.1. The Hall–Kier alpha value is -2.43. The van der Waals surface area contributed by atoms with Gasteiger partial charge in [0.2, 0.25) is 0 Å². The van der Waals surface area contributed by atoms with Gasteiger partial charge in [0.15, 0.2) is 0 Å².